The average molecular weight is 640 g/mol. The first kappa shape index (κ1) is 32.7. The number of rotatable bonds is 11. The Balaban J connectivity index is 1.31. The predicted octanol–water partition coefficient (Wildman–Crippen LogP) is 3.40. The molecule has 0 aromatic heterocycles. The number of benzene rings is 1. The van der Waals surface area contributed by atoms with Gasteiger partial charge >= 0.3 is 5.97 Å². The fraction of sp³-hybridized carbons (Fsp3) is 0.784. The Morgan fingerprint density at radius 3 is 2.52 bits per heavy atom. The lowest BCUT2D eigenvalue weighted by atomic mass is 9.42. The molecule has 9 heteroatoms. The molecule has 1 saturated heterocycles. The predicted molar refractivity (Wildman–Crippen MR) is 170 cm³/mol. The summed E-state index contributed by atoms with van der Waals surface area (Å²) in [6.07, 6.45) is 3.90. The molecule has 13 atom stereocenters. The van der Waals surface area contributed by atoms with Crippen molar-refractivity contribution in [2.24, 2.45) is 40.9 Å². The lowest BCUT2D eigenvalue weighted by Crippen LogP contribution is -2.82. The molecule has 1 spiro atoms. The average Bonchev–Trinajstić information content (AvgIpc) is 3.47. The van der Waals surface area contributed by atoms with Crippen LogP contribution in [0.15, 0.2) is 24.3 Å². The molecule has 254 valence electrons. The van der Waals surface area contributed by atoms with E-state index in [-0.39, 0.29) is 66.5 Å². The number of Topliss-reactive ketones (excluding diaryl/α,β-unsaturated/α-hetero) is 1. The summed E-state index contributed by atoms with van der Waals surface area (Å²) in [6.45, 7) is 7.35. The van der Waals surface area contributed by atoms with E-state index in [1.165, 1.54) is 0 Å². The van der Waals surface area contributed by atoms with Gasteiger partial charge < -0.3 is 29.5 Å². The molecule has 9 nitrogen and oxygen atoms in total. The minimum atomic E-state index is -1.50. The number of esters is 1. The summed E-state index contributed by atoms with van der Waals surface area (Å²) in [4.78, 5) is 29.8. The number of hydrogen-bond donors (Lipinski definition) is 3. The number of nitrogens with zero attached hydrogens (tertiary/aromatic N) is 1. The number of aliphatic hydroxyl groups excluding tert-OH is 1. The van der Waals surface area contributed by atoms with E-state index in [1.807, 2.05) is 25.1 Å². The van der Waals surface area contributed by atoms with Crippen molar-refractivity contribution in [1.29, 1.82) is 0 Å². The summed E-state index contributed by atoms with van der Waals surface area (Å²) in [5, 5.41) is 36.9. The van der Waals surface area contributed by atoms with Gasteiger partial charge in [0.25, 0.3) is 0 Å². The van der Waals surface area contributed by atoms with Crippen molar-refractivity contribution < 1.29 is 39.1 Å². The molecule has 46 heavy (non-hydrogen) atoms. The fourth-order valence-corrected chi connectivity index (χ4v) is 12.6. The van der Waals surface area contributed by atoms with Crippen LogP contribution in [0.25, 0.3) is 0 Å². The molecule has 1 aromatic rings. The number of hydrogen-bond acceptors (Lipinski definition) is 9. The van der Waals surface area contributed by atoms with Crippen molar-refractivity contribution in [1.82, 2.24) is 4.90 Å². The smallest absolute Gasteiger partial charge is 0.339 e. The van der Waals surface area contributed by atoms with E-state index in [4.69, 9.17) is 14.2 Å². The van der Waals surface area contributed by atoms with Crippen molar-refractivity contribution in [3.8, 4) is 0 Å². The summed E-state index contributed by atoms with van der Waals surface area (Å²) in [7, 11) is 3.30. The van der Waals surface area contributed by atoms with E-state index in [0.717, 1.165) is 12.8 Å². The zero-order valence-corrected chi connectivity index (χ0v) is 28.1. The second kappa shape index (κ2) is 11.3. The normalized spacial score (nSPS) is 45.8. The van der Waals surface area contributed by atoms with Gasteiger partial charge in [0.05, 0.1) is 17.8 Å². The number of piperidine rings is 1. The SMILES string of the molecule is CCCC(C)C(=O)Cc1ccccc1C(=O)O[C@@]12CC[C@H](CO)[C@]34C([C@H](CC13)[C@@]1(O)C[C@H](OC)[C@H]3CC4[C@]1(O)[C@H]3OC)N(CC)C2. The van der Waals surface area contributed by atoms with Crippen LogP contribution in [0, 0.1) is 40.9 Å². The molecular weight excluding hydrogens is 586 g/mol. The van der Waals surface area contributed by atoms with Crippen LogP contribution in [0.3, 0.4) is 0 Å². The first-order valence-electron chi connectivity index (χ1n) is 17.7. The lowest BCUT2D eigenvalue weighted by molar-refractivity contribution is -0.333. The molecular formula is C37H53NO8. The Morgan fingerprint density at radius 2 is 1.85 bits per heavy atom. The second-order valence-electron chi connectivity index (χ2n) is 15.6. The second-order valence-corrected chi connectivity index (χ2v) is 15.6. The van der Waals surface area contributed by atoms with Gasteiger partial charge in [-0.15, -0.1) is 0 Å². The fourth-order valence-electron chi connectivity index (χ4n) is 12.6. The van der Waals surface area contributed by atoms with Gasteiger partial charge in [-0.25, -0.2) is 4.79 Å². The molecule has 0 radical (unpaired) electrons. The first-order chi connectivity index (χ1) is 22.0. The van der Waals surface area contributed by atoms with Gasteiger partial charge in [-0.3, -0.25) is 9.69 Å². The number of carbonyl (C=O) groups excluding carboxylic acids is 2. The van der Waals surface area contributed by atoms with Crippen LogP contribution in [-0.4, -0.2) is 101 Å². The molecule has 6 aliphatic rings. The number of aliphatic hydroxyl groups is 3. The Morgan fingerprint density at radius 1 is 1.09 bits per heavy atom. The Kier molecular flexibility index (Phi) is 8.05. The van der Waals surface area contributed by atoms with Gasteiger partial charge in [-0.2, -0.15) is 0 Å². The van der Waals surface area contributed by atoms with Gasteiger partial charge in [-0.05, 0) is 56.2 Å². The van der Waals surface area contributed by atoms with E-state index in [2.05, 4.69) is 18.7 Å². The van der Waals surface area contributed by atoms with E-state index in [9.17, 15) is 24.9 Å². The molecule has 7 rings (SSSR count). The van der Waals surface area contributed by atoms with Gasteiger partial charge in [0.2, 0.25) is 0 Å². The highest BCUT2D eigenvalue weighted by Gasteiger charge is 2.88. The summed E-state index contributed by atoms with van der Waals surface area (Å²) < 4.78 is 18.9. The molecule has 3 N–H and O–H groups in total. The maximum absolute atomic E-state index is 14.3. The van der Waals surface area contributed by atoms with Gasteiger partial charge in [-0.1, -0.05) is 45.4 Å². The number of methoxy groups -OCH3 is 2. The summed E-state index contributed by atoms with van der Waals surface area (Å²) in [6, 6.07) is 7.24. The maximum Gasteiger partial charge on any atom is 0.339 e. The Bertz CT molecular complexity index is 1370. The number of fused-ring (bicyclic) bond motifs is 2. The van der Waals surface area contributed by atoms with Crippen LogP contribution in [0.5, 0.6) is 0 Å². The number of carbonyl (C=O) groups is 2. The molecule has 1 aromatic carbocycles. The van der Waals surface area contributed by atoms with Gasteiger partial charge in [0.15, 0.2) is 0 Å². The van der Waals surface area contributed by atoms with Crippen LogP contribution in [0.2, 0.25) is 0 Å². The van der Waals surface area contributed by atoms with Crippen molar-refractivity contribution in [2.75, 3.05) is 33.9 Å². The Hall–Kier alpha value is -1.88. The third kappa shape index (κ3) is 3.96. The zero-order valence-electron chi connectivity index (χ0n) is 28.1. The lowest BCUT2D eigenvalue weighted by Gasteiger charge is -2.71. The number of ether oxygens (including phenoxy) is 3. The van der Waals surface area contributed by atoms with Gasteiger partial charge in [0.1, 0.15) is 22.6 Å². The molecule has 1 heterocycles. The first-order valence-corrected chi connectivity index (χ1v) is 17.7. The van der Waals surface area contributed by atoms with Crippen LogP contribution in [-0.2, 0) is 25.4 Å². The molecule has 1 aliphatic heterocycles. The largest absolute Gasteiger partial charge is 0.454 e. The van der Waals surface area contributed by atoms with Crippen LogP contribution in [0.4, 0.5) is 0 Å². The number of likely N-dealkylation sites (tertiary alicyclic amines) is 1. The van der Waals surface area contributed by atoms with Crippen LogP contribution >= 0.6 is 0 Å². The Labute approximate surface area is 273 Å². The van der Waals surface area contributed by atoms with Crippen molar-refractivity contribution >= 4 is 11.8 Å². The molecule has 5 saturated carbocycles. The van der Waals surface area contributed by atoms with Crippen molar-refractivity contribution in [3.05, 3.63) is 35.4 Å². The zero-order chi connectivity index (χ0) is 32.8. The highest BCUT2D eigenvalue weighted by atomic mass is 16.6. The quantitative estimate of drug-likeness (QED) is 0.313. The minimum absolute atomic E-state index is 0.0246. The van der Waals surface area contributed by atoms with E-state index in [1.54, 1.807) is 20.3 Å². The van der Waals surface area contributed by atoms with E-state index in [0.29, 0.717) is 56.3 Å². The monoisotopic (exact) mass is 639 g/mol. The molecule has 4 unspecified atom stereocenters. The third-order valence-electron chi connectivity index (χ3n) is 14.2. The highest BCUT2D eigenvalue weighted by molar-refractivity contribution is 5.94. The van der Waals surface area contributed by atoms with Gasteiger partial charge in [0, 0.05) is 81.3 Å². The minimum Gasteiger partial charge on any atom is -0.454 e. The topological polar surface area (TPSA) is 126 Å². The van der Waals surface area contributed by atoms with Crippen LogP contribution < -0.4 is 0 Å². The standard InChI is InChI=1S/C37H53NO8/c1-6-10-21(3)27(40)15-22-11-8-9-12-24(22)33(41)46-34-14-13-23(19-39)36-29(34)17-26(31(36)38(7-2)20-34)35(42)18-28(44-4)25-16-30(36)37(35,43)32(25)45-5/h8-9,11-12,21,23,25-26,28-32,39,42-43H,6-7,10,13-20H2,1-5H3/t21?,23-,25-,26+,28+,29?,30?,31?,32+,34-,35+,36+,37+/m1/s1. The maximum atomic E-state index is 14.3. The van der Waals surface area contributed by atoms with E-state index >= 15 is 0 Å². The van der Waals surface area contributed by atoms with Crippen LogP contribution in [0.1, 0.15) is 81.6 Å². The summed E-state index contributed by atoms with van der Waals surface area (Å²) in [5.41, 5.74) is -3.27. The third-order valence-corrected chi connectivity index (χ3v) is 14.2. The van der Waals surface area contributed by atoms with E-state index < -0.39 is 34.3 Å². The molecule has 6 fully saturated rings. The van der Waals surface area contributed by atoms with Crippen molar-refractivity contribution in [3.63, 3.8) is 0 Å². The molecule has 0 amide bonds. The molecule has 7 bridgehead atoms. The highest BCUT2D eigenvalue weighted by Crippen LogP contribution is 2.80. The number of ketones is 1. The summed E-state index contributed by atoms with van der Waals surface area (Å²) in [5.74, 6) is -1.39. The van der Waals surface area contributed by atoms with Crippen molar-refractivity contribution in [2.45, 2.75) is 107 Å². The summed E-state index contributed by atoms with van der Waals surface area (Å²) >= 11 is 0. The molecule has 5 aliphatic carbocycles. The number of likely N-dealkylation sites (N-methyl/N-ethyl adjacent to an activating group) is 1.